The van der Waals surface area contributed by atoms with Gasteiger partial charge in [0, 0.05) is 45.8 Å². The van der Waals surface area contributed by atoms with Crippen molar-refractivity contribution < 1.29 is 14.3 Å². The van der Waals surface area contributed by atoms with E-state index in [0.717, 1.165) is 63.9 Å². The average Bonchev–Trinajstić information content (AvgIpc) is 3.01. The van der Waals surface area contributed by atoms with Gasteiger partial charge >= 0.3 is 0 Å². The van der Waals surface area contributed by atoms with E-state index in [0.29, 0.717) is 13.2 Å². The monoisotopic (exact) mass is 351 g/mol. The van der Waals surface area contributed by atoms with Crippen LogP contribution < -0.4 is 0 Å². The van der Waals surface area contributed by atoms with Gasteiger partial charge in [-0.1, -0.05) is 0 Å². The molecule has 3 heterocycles. The van der Waals surface area contributed by atoms with Gasteiger partial charge in [0.2, 0.25) is 5.91 Å². The van der Waals surface area contributed by atoms with Crippen LogP contribution in [0.15, 0.2) is 0 Å². The van der Waals surface area contributed by atoms with E-state index in [1.165, 1.54) is 0 Å². The summed E-state index contributed by atoms with van der Waals surface area (Å²) in [6, 6.07) is 0. The molecule has 0 saturated carbocycles. The Kier molecular flexibility index (Phi) is 6.39. The van der Waals surface area contributed by atoms with E-state index in [4.69, 9.17) is 9.47 Å². The first kappa shape index (κ1) is 18.3. The Morgan fingerprint density at radius 1 is 1.28 bits per heavy atom. The Morgan fingerprint density at radius 2 is 2.08 bits per heavy atom. The fraction of sp³-hybridized carbons (Fsp3) is 0.824. The molecule has 2 fully saturated rings. The molecule has 0 aliphatic carbocycles. The Hall–Kier alpha value is -1.51. The summed E-state index contributed by atoms with van der Waals surface area (Å²) in [5.41, 5.74) is 0. The maximum Gasteiger partial charge on any atom is 0.248 e. The third-order valence-electron chi connectivity index (χ3n) is 5.04. The fourth-order valence-corrected chi connectivity index (χ4v) is 3.52. The molecule has 0 aromatic carbocycles. The van der Waals surface area contributed by atoms with E-state index in [1.54, 1.807) is 0 Å². The van der Waals surface area contributed by atoms with Crippen molar-refractivity contribution in [2.75, 3.05) is 52.6 Å². The smallest absolute Gasteiger partial charge is 0.248 e. The molecule has 1 aromatic heterocycles. The van der Waals surface area contributed by atoms with Gasteiger partial charge in [0.25, 0.3) is 0 Å². The summed E-state index contributed by atoms with van der Waals surface area (Å²) >= 11 is 0. The molecular weight excluding hydrogens is 322 g/mol. The molecule has 0 spiro atoms. The van der Waals surface area contributed by atoms with E-state index in [9.17, 15) is 4.79 Å². The molecule has 0 bridgehead atoms. The lowest BCUT2D eigenvalue weighted by Crippen LogP contribution is -2.41. The highest BCUT2D eigenvalue weighted by Gasteiger charge is 2.28. The molecule has 0 unspecified atom stereocenters. The van der Waals surface area contributed by atoms with Crippen LogP contribution in [-0.2, 0) is 27.9 Å². The summed E-state index contributed by atoms with van der Waals surface area (Å²) in [6.07, 6.45) is 2.04. The predicted octanol–water partition coefficient (Wildman–Crippen LogP) is 0.390. The van der Waals surface area contributed by atoms with E-state index >= 15 is 0 Å². The van der Waals surface area contributed by atoms with Crippen LogP contribution in [-0.4, -0.2) is 83.1 Å². The summed E-state index contributed by atoms with van der Waals surface area (Å²) < 4.78 is 12.8. The number of nitrogens with zero attached hydrogens (tertiary/aromatic N) is 5. The summed E-state index contributed by atoms with van der Waals surface area (Å²) in [7, 11) is 2.03. The van der Waals surface area contributed by atoms with Gasteiger partial charge in [0.1, 0.15) is 18.3 Å². The average molecular weight is 351 g/mol. The van der Waals surface area contributed by atoms with Crippen molar-refractivity contribution in [2.24, 2.45) is 7.05 Å². The molecule has 2 aliphatic rings. The minimum Gasteiger partial charge on any atom is -0.379 e. The van der Waals surface area contributed by atoms with Crippen molar-refractivity contribution >= 4 is 5.91 Å². The molecule has 2 aliphatic heterocycles. The van der Waals surface area contributed by atoms with Crippen molar-refractivity contribution in [1.82, 2.24) is 24.6 Å². The van der Waals surface area contributed by atoms with Gasteiger partial charge in [-0.05, 0) is 19.8 Å². The van der Waals surface area contributed by atoms with Crippen molar-refractivity contribution in [3.05, 3.63) is 11.6 Å². The standard InChI is InChI=1S/C17H29N5O3/c1-3-24-13-16(23)22-6-4-5-14(11-22)17-19-18-15(20(17)2)12-21-7-9-25-10-8-21/h14H,3-13H2,1-2H3/t14-/m1/s1. The number of piperidine rings is 1. The number of carbonyl (C=O) groups excluding carboxylic acids is 1. The van der Waals surface area contributed by atoms with Crippen LogP contribution in [0.3, 0.4) is 0 Å². The van der Waals surface area contributed by atoms with Gasteiger partial charge in [0.05, 0.1) is 19.8 Å². The Bertz CT molecular complexity index is 571. The fourth-order valence-electron chi connectivity index (χ4n) is 3.52. The molecule has 3 rings (SSSR count). The maximum absolute atomic E-state index is 12.2. The molecule has 0 N–H and O–H groups in total. The number of carbonyl (C=O) groups is 1. The number of ether oxygens (including phenoxy) is 2. The zero-order valence-electron chi connectivity index (χ0n) is 15.3. The molecule has 2 saturated heterocycles. The van der Waals surface area contributed by atoms with Crippen LogP contribution in [0, 0.1) is 0 Å². The molecule has 1 atom stereocenters. The molecule has 1 aromatic rings. The maximum atomic E-state index is 12.2. The summed E-state index contributed by atoms with van der Waals surface area (Å²) in [4.78, 5) is 16.5. The van der Waals surface area contributed by atoms with Crippen molar-refractivity contribution in [2.45, 2.75) is 32.2 Å². The van der Waals surface area contributed by atoms with Gasteiger partial charge in [0.15, 0.2) is 0 Å². The van der Waals surface area contributed by atoms with E-state index in [2.05, 4.69) is 19.7 Å². The molecule has 1 amide bonds. The first-order chi connectivity index (χ1) is 12.2. The number of morpholine rings is 1. The second-order valence-electron chi connectivity index (χ2n) is 6.74. The van der Waals surface area contributed by atoms with Gasteiger partial charge in [-0.3, -0.25) is 9.69 Å². The topological polar surface area (TPSA) is 72.7 Å². The Balaban J connectivity index is 1.62. The lowest BCUT2D eigenvalue weighted by molar-refractivity contribution is -0.137. The van der Waals surface area contributed by atoms with Crippen LogP contribution >= 0.6 is 0 Å². The zero-order valence-corrected chi connectivity index (χ0v) is 15.3. The zero-order chi connectivity index (χ0) is 17.6. The highest BCUT2D eigenvalue weighted by atomic mass is 16.5. The molecule has 8 nitrogen and oxygen atoms in total. The van der Waals surface area contributed by atoms with Gasteiger partial charge in [-0.2, -0.15) is 0 Å². The van der Waals surface area contributed by atoms with Crippen molar-refractivity contribution in [1.29, 1.82) is 0 Å². The Labute approximate surface area is 149 Å². The molecular formula is C17H29N5O3. The predicted molar refractivity (Wildman–Crippen MR) is 92.1 cm³/mol. The van der Waals surface area contributed by atoms with Crippen LogP contribution in [0.5, 0.6) is 0 Å². The summed E-state index contributed by atoms with van der Waals surface area (Å²) in [5, 5.41) is 8.85. The minimum atomic E-state index is 0.0715. The summed E-state index contributed by atoms with van der Waals surface area (Å²) in [5.74, 6) is 2.28. The second-order valence-corrected chi connectivity index (χ2v) is 6.74. The molecule has 25 heavy (non-hydrogen) atoms. The first-order valence-electron chi connectivity index (χ1n) is 9.22. The second kappa shape index (κ2) is 8.73. The van der Waals surface area contributed by atoms with Crippen LogP contribution in [0.1, 0.15) is 37.3 Å². The van der Waals surface area contributed by atoms with E-state index in [1.807, 2.05) is 18.9 Å². The van der Waals surface area contributed by atoms with E-state index in [-0.39, 0.29) is 18.4 Å². The molecule has 0 radical (unpaired) electrons. The van der Waals surface area contributed by atoms with Gasteiger partial charge in [-0.25, -0.2) is 0 Å². The number of hydrogen-bond donors (Lipinski definition) is 0. The van der Waals surface area contributed by atoms with Crippen LogP contribution in [0.4, 0.5) is 0 Å². The lowest BCUT2D eigenvalue weighted by atomic mass is 9.97. The number of hydrogen-bond acceptors (Lipinski definition) is 6. The van der Waals surface area contributed by atoms with Crippen LogP contribution in [0.2, 0.25) is 0 Å². The largest absolute Gasteiger partial charge is 0.379 e. The van der Waals surface area contributed by atoms with Crippen molar-refractivity contribution in [3.8, 4) is 0 Å². The van der Waals surface area contributed by atoms with Crippen molar-refractivity contribution in [3.63, 3.8) is 0 Å². The first-order valence-corrected chi connectivity index (χ1v) is 9.22. The summed E-state index contributed by atoms with van der Waals surface area (Å²) in [6.45, 7) is 8.39. The third kappa shape index (κ3) is 4.56. The minimum absolute atomic E-state index is 0.0715. The van der Waals surface area contributed by atoms with Gasteiger partial charge < -0.3 is 18.9 Å². The Morgan fingerprint density at radius 3 is 2.84 bits per heavy atom. The normalized spacial score (nSPS) is 22.3. The quantitative estimate of drug-likeness (QED) is 0.738. The molecule has 140 valence electrons. The highest BCUT2D eigenvalue weighted by molar-refractivity contribution is 5.77. The van der Waals surface area contributed by atoms with E-state index < -0.39 is 0 Å². The number of amides is 1. The lowest BCUT2D eigenvalue weighted by Gasteiger charge is -2.32. The number of rotatable bonds is 6. The van der Waals surface area contributed by atoms with Crippen LogP contribution in [0.25, 0.3) is 0 Å². The van der Waals surface area contributed by atoms with Gasteiger partial charge in [-0.15, -0.1) is 10.2 Å². The number of likely N-dealkylation sites (tertiary alicyclic amines) is 1. The third-order valence-corrected chi connectivity index (χ3v) is 5.04. The SMILES string of the molecule is CCOCC(=O)N1CCC[C@@H](c2nnc(CN3CCOCC3)n2C)C1. The number of aromatic nitrogens is 3. The highest BCUT2D eigenvalue weighted by Crippen LogP contribution is 2.26. The molecule has 8 heteroatoms.